The lowest BCUT2D eigenvalue weighted by atomic mass is 9.97. The SMILES string of the molecule is COc1ccc(C2=CN3C(=O)c4cc(OC)c(OCCCOc5cc6c(cc5OC)C(=O)N5CC7(CC7)C[C@H]5C(O)N6C)cc4CC[C@@H]3C2)cc1. The van der Waals surface area contributed by atoms with Crippen LogP contribution in [0.4, 0.5) is 5.69 Å². The third-order valence-electron chi connectivity index (χ3n) is 11.4. The van der Waals surface area contributed by atoms with Crippen LogP contribution in [0.5, 0.6) is 28.7 Å². The number of benzene rings is 3. The molecule has 1 unspecified atom stereocenters. The predicted molar refractivity (Wildman–Crippen MR) is 191 cm³/mol. The number of hydrogen-bond acceptors (Lipinski definition) is 9. The average molecular weight is 696 g/mol. The number of nitrogens with zero attached hydrogens (tertiary/aromatic N) is 3. The largest absolute Gasteiger partial charge is 0.497 e. The van der Waals surface area contributed by atoms with E-state index in [2.05, 4.69) is 0 Å². The summed E-state index contributed by atoms with van der Waals surface area (Å²) in [5.74, 6) is 2.75. The second kappa shape index (κ2) is 13.0. The molecule has 11 nitrogen and oxygen atoms in total. The lowest BCUT2D eigenvalue weighted by molar-refractivity contribution is 0.0526. The van der Waals surface area contributed by atoms with E-state index in [4.69, 9.17) is 23.7 Å². The summed E-state index contributed by atoms with van der Waals surface area (Å²) in [4.78, 5) is 33.0. The fourth-order valence-electron chi connectivity index (χ4n) is 8.27. The molecule has 1 saturated carbocycles. The topological polar surface area (TPSA) is 110 Å². The molecular formula is C40H45N3O8. The van der Waals surface area contributed by atoms with Crippen molar-refractivity contribution < 1.29 is 38.4 Å². The van der Waals surface area contributed by atoms with Crippen molar-refractivity contribution in [2.24, 2.45) is 5.41 Å². The Balaban J connectivity index is 0.922. The zero-order valence-electron chi connectivity index (χ0n) is 29.6. The standard InChI is InChI=1S/C40H45N3O8/c1-41-31-20-36(34(49-4)19-30(31)38(45)43-23-40(12-13-40)21-32(43)39(41)46)51-15-5-14-50-35-17-25-6-9-27-16-26(24-7-10-28(47-2)11-8-24)22-42(27)37(44)29(25)18-33(35)48-3/h7-8,10-11,17-20,22,27,32,39,46H,5-6,9,12-16,21,23H2,1-4H3/t27-,32+,39?/m1/s1. The highest BCUT2D eigenvalue weighted by atomic mass is 16.5. The maximum atomic E-state index is 13.8. The number of hydrogen-bond donors (Lipinski definition) is 1. The molecule has 1 spiro atoms. The summed E-state index contributed by atoms with van der Waals surface area (Å²) in [6.07, 6.45) is 7.18. The molecule has 0 aromatic heterocycles. The first-order valence-corrected chi connectivity index (χ1v) is 17.8. The number of rotatable bonds is 10. The van der Waals surface area contributed by atoms with Crippen LogP contribution in [-0.2, 0) is 6.42 Å². The van der Waals surface area contributed by atoms with E-state index in [1.54, 1.807) is 44.4 Å². The van der Waals surface area contributed by atoms with Crippen molar-refractivity contribution in [2.75, 3.05) is 53.0 Å². The van der Waals surface area contributed by atoms with Gasteiger partial charge in [-0.05, 0) is 91.0 Å². The van der Waals surface area contributed by atoms with Gasteiger partial charge in [-0.25, -0.2) is 0 Å². The number of aliphatic hydroxyl groups excluding tert-OH is 1. The summed E-state index contributed by atoms with van der Waals surface area (Å²) in [6, 6.07) is 15.1. The van der Waals surface area contributed by atoms with Crippen LogP contribution in [0.3, 0.4) is 0 Å². The van der Waals surface area contributed by atoms with Crippen LogP contribution in [-0.4, -0.2) is 93.2 Å². The van der Waals surface area contributed by atoms with Gasteiger partial charge in [-0.1, -0.05) is 12.1 Å². The van der Waals surface area contributed by atoms with Crippen molar-refractivity contribution in [3.63, 3.8) is 0 Å². The number of carbonyl (C=O) groups excluding carboxylic acids is 2. The Labute approximate surface area is 298 Å². The molecule has 4 aliphatic heterocycles. The van der Waals surface area contributed by atoms with Gasteiger partial charge in [-0.2, -0.15) is 0 Å². The molecule has 268 valence electrons. The van der Waals surface area contributed by atoms with Crippen molar-refractivity contribution in [3.8, 4) is 28.7 Å². The zero-order chi connectivity index (χ0) is 35.4. The van der Waals surface area contributed by atoms with Crippen LogP contribution in [0, 0.1) is 5.41 Å². The number of amides is 2. The third kappa shape index (κ3) is 5.91. The first-order valence-electron chi connectivity index (χ1n) is 17.8. The highest BCUT2D eigenvalue weighted by Crippen LogP contribution is 2.56. The van der Waals surface area contributed by atoms with Gasteiger partial charge in [0.25, 0.3) is 11.8 Å². The monoisotopic (exact) mass is 695 g/mol. The third-order valence-corrected chi connectivity index (χ3v) is 11.4. The Morgan fingerprint density at radius 1 is 0.843 bits per heavy atom. The average Bonchev–Trinajstić information content (AvgIpc) is 3.66. The van der Waals surface area contributed by atoms with E-state index >= 15 is 0 Å². The molecule has 2 fully saturated rings. The van der Waals surface area contributed by atoms with Crippen molar-refractivity contribution in [1.82, 2.24) is 9.80 Å². The fraction of sp³-hybridized carbons (Fsp3) is 0.450. The van der Waals surface area contributed by atoms with Gasteiger partial charge in [0.1, 0.15) is 12.0 Å². The van der Waals surface area contributed by atoms with Gasteiger partial charge in [-0.15, -0.1) is 0 Å². The second-order valence-electron chi connectivity index (χ2n) is 14.5. The lowest BCUT2D eigenvalue weighted by Gasteiger charge is -2.31. The Kier molecular flexibility index (Phi) is 8.49. The van der Waals surface area contributed by atoms with E-state index in [0.717, 1.165) is 61.0 Å². The van der Waals surface area contributed by atoms with Gasteiger partial charge in [0.2, 0.25) is 0 Å². The second-order valence-corrected chi connectivity index (χ2v) is 14.5. The molecular weight excluding hydrogens is 650 g/mol. The van der Waals surface area contributed by atoms with Crippen LogP contribution in [0.15, 0.2) is 54.7 Å². The van der Waals surface area contributed by atoms with Gasteiger partial charge >= 0.3 is 0 Å². The molecule has 8 rings (SSSR count). The number of aryl methyl sites for hydroxylation is 1. The van der Waals surface area contributed by atoms with Crippen molar-refractivity contribution in [3.05, 3.63) is 77.0 Å². The molecule has 1 N–H and O–H groups in total. The molecule has 2 amide bonds. The zero-order valence-corrected chi connectivity index (χ0v) is 29.6. The molecule has 3 atom stereocenters. The van der Waals surface area contributed by atoms with Crippen LogP contribution in [0.1, 0.15) is 70.4 Å². The Hall–Kier alpha value is -4.90. The van der Waals surface area contributed by atoms with Gasteiger partial charge < -0.3 is 43.5 Å². The van der Waals surface area contributed by atoms with Gasteiger partial charge in [0.15, 0.2) is 23.0 Å². The van der Waals surface area contributed by atoms with Crippen LogP contribution < -0.4 is 28.6 Å². The molecule has 51 heavy (non-hydrogen) atoms. The quantitative estimate of drug-likeness (QED) is 0.274. The van der Waals surface area contributed by atoms with Crippen LogP contribution in [0.2, 0.25) is 0 Å². The minimum absolute atomic E-state index is 0.0314. The first-order chi connectivity index (χ1) is 24.7. The van der Waals surface area contributed by atoms with E-state index in [1.807, 2.05) is 53.4 Å². The molecule has 4 heterocycles. The van der Waals surface area contributed by atoms with Crippen LogP contribution in [0.25, 0.3) is 5.57 Å². The number of carbonyl (C=O) groups is 2. The lowest BCUT2D eigenvalue weighted by Crippen LogP contribution is -2.47. The number of aliphatic hydroxyl groups is 1. The van der Waals surface area contributed by atoms with E-state index in [9.17, 15) is 14.7 Å². The highest BCUT2D eigenvalue weighted by Gasteiger charge is 2.56. The van der Waals surface area contributed by atoms with E-state index in [1.165, 1.54) is 0 Å². The minimum Gasteiger partial charge on any atom is -0.497 e. The summed E-state index contributed by atoms with van der Waals surface area (Å²) in [6.45, 7) is 1.38. The number of methoxy groups -OCH3 is 3. The Morgan fingerprint density at radius 3 is 2.20 bits per heavy atom. The Morgan fingerprint density at radius 2 is 1.53 bits per heavy atom. The Bertz CT molecular complexity index is 1890. The highest BCUT2D eigenvalue weighted by molar-refractivity contribution is 6.02. The summed E-state index contributed by atoms with van der Waals surface area (Å²) < 4.78 is 29.0. The van der Waals surface area contributed by atoms with Gasteiger partial charge in [-0.3, -0.25) is 9.59 Å². The summed E-state index contributed by atoms with van der Waals surface area (Å²) in [5.41, 5.74) is 5.12. The fourth-order valence-corrected chi connectivity index (χ4v) is 8.27. The smallest absolute Gasteiger partial charge is 0.258 e. The number of likely N-dealkylation sites (N-methyl/N-ethyl adjacent to an activating group) is 1. The van der Waals surface area contributed by atoms with Crippen molar-refractivity contribution in [1.29, 1.82) is 0 Å². The number of fused-ring (bicyclic) bond motifs is 4. The summed E-state index contributed by atoms with van der Waals surface area (Å²) >= 11 is 0. The van der Waals surface area contributed by atoms with Crippen molar-refractivity contribution >= 4 is 23.1 Å². The molecule has 0 radical (unpaired) electrons. The first kappa shape index (κ1) is 33.3. The van der Waals surface area contributed by atoms with E-state index in [-0.39, 0.29) is 29.3 Å². The predicted octanol–water partition coefficient (Wildman–Crippen LogP) is 5.53. The maximum absolute atomic E-state index is 13.8. The number of anilines is 1. The van der Waals surface area contributed by atoms with Gasteiger partial charge in [0.05, 0.1) is 51.8 Å². The maximum Gasteiger partial charge on any atom is 0.258 e. The molecule has 1 aliphatic carbocycles. The van der Waals surface area contributed by atoms with E-state index in [0.29, 0.717) is 66.0 Å². The molecule has 5 aliphatic rings. The number of ether oxygens (including phenoxy) is 5. The minimum atomic E-state index is -0.805. The normalized spacial score (nSPS) is 22.7. The van der Waals surface area contributed by atoms with Crippen LogP contribution >= 0.6 is 0 Å². The summed E-state index contributed by atoms with van der Waals surface area (Å²) in [7, 11) is 6.62. The van der Waals surface area contributed by atoms with E-state index < -0.39 is 6.23 Å². The molecule has 3 aromatic carbocycles. The summed E-state index contributed by atoms with van der Waals surface area (Å²) in [5, 5.41) is 11.3. The van der Waals surface area contributed by atoms with Crippen molar-refractivity contribution in [2.45, 2.75) is 63.3 Å². The molecule has 3 aromatic rings. The molecule has 1 saturated heterocycles. The molecule has 11 heteroatoms. The molecule has 0 bridgehead atoms. The van der Waals surface area contributed by atoms with Gasteiger partial charge in [0, 0.05) is 43.9 Å².